The summed E-state index contributed by atoms with van der Waals surface area (Å²) in [6, 6.07) is 0. The molecule has 0 fully saturated rings. The number of amides is 1. The number of aromatic nitrogens is 3. The van der Waals surface area contributed by atoms with Crippen LogP contribution in [0.5, 0.6) is 0 Å². The Balaban J connectivity index is 2.37. The van der Waals surface area contributed by atoms with Crippen LogP contribution in [-0.4, -0.2) is 32.0 Å². The van der Waals surface area contributed by atoms with Crippen LogP contribution in [0, 0.1) is 5.92 Å². The third-order valence-electron chi connectivity index (χ3n) is 2.58. The Morgan fingerprint density at radius 3 is 2.89 bits per heavy atom. The number of aliphatic carboxylic acids is 1. The Hall–Kier alpha value is -1.92. The van der Waals surface area contributed by atoms with E-state index >= 15 is 0 Å². The summed E-state index contributed by atoms with van der Waals surface area (Å²) in [5, 5.41) is 18.7. The first-order valence-corrected chi connectivity index (χ1v) is 5.88. The van der Waals surface area contributed by atoms with Gasteiger partial charge in [-0.3, -0.25) is 9.59 Å². The topological polar surface area (TPSA) is 97.1 Å². The summed E-state index contributed by atoms with van der Waals surface area (Å²) >= 11 is 0. The third-order valence-corrected chi connectivity index (χ3v) is 2.58. The largest absolute Gasteiger partial charge is 0.480 e. The highest BCUT2D eigenvalue weighted by Gasteiger charge is 2.08. The third kappa shape index (κ3) is 4.94. The number of rotatable bonds is 7. The molecule has 18 heavy (non-hydrogen) atoms. The minimum absolute atomic E-state index is 0.0304. The molecule has 0 saturated carbocycles. The first kappa shape index (κ1) is 14.1. The van der Waals surface area contributed by atoms with E-state index in [9.17, 15) is 9.59 Å². The zero-order valence-corrected chi connectivity index (χ0v) is 10.6. The highest BCUT2D eigenvalue weighted by molar-refractivity contribution is 5.76. The van der Waals surface area contributed by atoms with Gasteiger partial charge in [-0.2, -0.15) is 0 Å². The van der Waals surface area contributed by atoms with Crippen molar-refractivity contribution < 1.29 is 14.7 Å². The molecule has 0 spiro atoms. The maximum atomic E-state index is 11.5. The average Bonchev–Trinajstić information content (AvgIpc) is 2.73. The van der Waals surface area contributed by atoms with Crippen molar-refractivity contribution >= 4 is 11.9 Å². The lowest BCUT2D eigenvalue weighted by Gasteiger charge is -2.07. The van der Waals surface area contributed by atoms with Gasteiger partial charge in [-0.05, 0) is 5.92 Å². The van der Waals surface area contributed by atoms with Gasteiger partial charge in [0, 0.05) is 6.42 Å². The van der Waals surface area contributed by atoms with E-state index in [0.29, 0.717) is 18.0 Å². The molecule has 0 aliphatic carbocycles. The maximum Gasteiger partial charge on any atom is 0.325 e. The number of hydrogen-bond donors (Lipinski definition) is 2. The molecule has 1 aromatic rings. The molecule has 0 saturated heterocycles. The summed E-state index contributed by atoms with van der Waals surface area (Å²) in [5.41, 5.74) is 0.550. The van der Waals surface area contributed by atoms with Gasteiger partial charge in [0.2, 0.25) is 5.91 Å². The van der Waals surface area contributed by atoms with E-state index in [2.05, 4.69) is 15.6 Å². The molecule has 7 heteroatoms. The minimum Gasteiger partial charge on any atom is -0.480 e. The van der Waals surface area contributed by atoms with Crippen LogP contribution in [0.4, 0.5) is 0 Å². The lowest BCUT2D eigenvalue weighted by atomic mass is 10.1. The van der Waals surface area contributed by atoms with Gasteiger partial charge in [0.05, 0.1) is 12.7 Å². The SMILES string of the molecule is CCC(C)CC(=O)NCc1cn(CC(=O)O)nn1. The molecule has 1 atom stereocenters. The highest BCUT2D eigenvalue weighted by Crippen LogP contribution is 2.05. The molecule has 2 N–H and O–H groups in total. The van der Waals surface area contributed by atoms with E-state index in [0.717, 1.165) is 6.42 Å². The van der Waals surface area contributed by atoms with Crippen LogP contribution in [0.2, 0.25) is 0 Å². The molecule has 1 unspecified atom stereocenters. The number of hydrogen-bond acceptors (Lipinski definition) is 4. The van der Waals surface area contributed by atoms with Gasteiger partial charge in [-0.1, -0.05) is 25.5 Å². The zero-order chi connectivity index (χ0) is 13.5. The van der Waals surface area contributed by atoms with Crippen molar-refractivity contribution in [2.45, 2.75) is 39.8 Å². The first-order chi connectivity index (χ1) is 8.51. The molecule has 0 aliphatic rings. The van der Waals surface area contributed by atoms with Gasteiger partial charge in [0.1, 0.15) is 12.2 Å². The van der Waals surface area contributed by atoms with Gasteiger partial charge >= 0.3 is 5.97 Å². The Morgan fingerprint density at radius 1 is 1.56 bits per heavy atom. The van der Waals surface area contributed by atoms with Crippen molar-refractivity contribution in [1.82, 2.24) is 20.3 Å². The van der Waals surface area contributed by atoms with Gasteiger partial charge in [-0.15, -0.1) is 5.10 Å². The Morgan fingerprint density at radius 2 is 2.28 bits per heavy atom. The van der Waals surface area contributed by atoms with Crippen LogP contribution < -0.4 is 5.32 Å². The van der Waals surface area contributed by atoms with Crippen LogP contribution in [0.25, 0.3) is 0 Å². The molecule has 1 heterocycles. The minimum atomic E-state index is -0.979. The zero-order valence-electron chi connectivity index (χ0n) is 10.6. The van der Waals surface area contributed by atoms with Crippen molar-refractivity contribution in [1.29, 1.82) is 0 Å². The average molecular weight is 254 g/mol. The van der Waals surface area contributed by atoms with Crippen molar-refractivity contribution in [2.75, 3.05) is 0 Å². The molecule has 7 nitrogen and oxygen atoms in total. The van der Waals surface area contributed by atoms with Gasteiger partial charge in [-0.25, -0.2) is 4.68 Å². The summed E-state index contributed by atoms with van der Waals surface area (Å²) in [5.74, 6) is -0.655. The summed E-state index contributed by atoms with van der Waals surface area (Å²) in [6.45, 7) is 4.10. The second-order valence-corrected chi connectivity index (χ2v) is 4.30. The number of carbonyl (C=O) groups excluding carboxylic acids is 1. The Labute approximate surface area is 105 Å². The fourth-order valence-corrected chi connectivity index (χ4v) is 1.36. The van der Waals surface area contributed by atoms with Crippen molar-refractivity contribution in [3.8, 4) is 0 Å². The lowest BCUT2D eigenvalue weighted by Crippen LogP contribution is -2.24. The van der Waals surface area contributed by atoms with Crippen LogP contribution in [0.3, 0.4) is 0 Å². The summed E-state index contributed by atoms with van der Waals surface area (Å²) in [4.78, 5) is 22.0. The molecule has 0 bridgehead atoms. The number of carbonyl (C=O) groups is 2. The standard InChI is InChI=1S/C11H18N4O3/c1-3-8(2)4-10(16)12-5-9-6-15(14-13-9)7-11(17)18/h6,8H,3-5,7H2,1-2H3,(H,12,16)(H,17,18). The van der Waals surface area contributed by atoms with E-state index in [1.165, 1.54) is 10.9 Å². The number of nitrogens with one attached hydrogen (secondary N) is 1. The molecule has 1 aromatic heterocycles. The van der Waals surface area contributed by atoms with Crippen LogP contribution >= 0.6 is 0 Å². The van der Waals surface area contributed by atoms with E-state index in [4.69, 9.17) is 5.11 Å². The van der Waals surface area contributed by atoms with E-state index in [1.54, 1.807) is 0 Å². The van der Waals surface area contributed by atoms with Crippen molar-refractivity contribution in [3.63, 3.8) is 0 Å². The fraction of sp³-hybridized carbons (Fsp3) is 0.636. The highest BCUT2D eigenvalue weighted by atomic mass is 16.4. The van der Waals surface area contributed by atoms with Gasteiger partial charge in [0.15, 0.2) is 0 Å². The molecule has 1 amide bonds. The van der Waals surface area contributed by atoms with Gasteiger partial charge < -0.3 is 10.4 Å². The number of carboxylic acid groups (broad SMARTS) is 1. The molecule has 1 rings (SSSR count). The molecule has 0 aliphatic heterocycles. The second kappa shape index (κ2) is 6.73. The van der Waals surface area contributed by atoms with E-state index < -0.39 is 5.97 Å². The predicted octanol–water partition coefficient (Wildman–Crippen LogP) is 0.415. The monoisotopic (exact) mass is 254 g/mol. The van der Waals surface area contributed by atoms with Gasteiger partial charge in [0.25, 0.3) is 0 Å². The smallest absolute Gasteiger partial charge is 0.325 e. The molecule has 0 radical (unpaired) electrons. The van der Waals surface area contributed by atoms with E-state index in [1.807, 2.05) is 13.8 Å². The van der Waals surface area contributed by atoms with Crippen LogP contribution in [0.1, 0.15) is 32.4 Å². The number of carboxylic acids is 1. The molecular weight excluding hydrogens is 236 g/mol. The first-order valence-electron chi connectivity index (χ1n) is 5.88. The maximum absolute atomic E-state index is 11.5. The van der Waals surface area contributed by atoms with Crippen molar-refractivity contribution in [3.05, 3.63) is 11.9 Å². The summed E-state index contributed by atoms with van der Waals surface area (Å²) < 4.78 is 1.22. The fourth-order valence-electron chi connectivity index (χ4n) is 1.36. The Kier molecular flexibility index (Phi) is 5.29. The summed E-state index contributed by atoms with van der Waals surface area (Å²) in [7, 11) is 0. The van der Waals surface area contributed by atoms with E-state index in [-0.39, 0.29) is 19.0 Å². The normalized spacial score (nSPS) is 12.1. The van der Waals surface area contributed by atoms with Crippen LogP contribution in [-0.2, 0) is 22.7 Å². The molecule has 100 valence electrons. The Bertz CT molecular complexity index is 416. The van der Waals surface area contributed by atoms with Crippen molar-refractivity contribution in [2.24, 2.45) is 5.92 Å². The lowest BCUT2D eigenvalue weighted by molar-refractivity contribution is -0.138. The number of nitrogens with zero attached hydrogens (tertiary/aromatic N) is 3. The van der Waals surface area contributed by atoms with Crippen LogP contribution in [0.15, 0.2) is 6.20 Å². The second-order valence-electron chi connectivity index (χ2n) is 4.30. The molecular formula is C11H18N4O3. The summed E-state index contributed by atoms with van der Waals surface area (Å²) in [6.07, 6.45) is 2.96. The molecule has 0 aromatic carbocycles. The predicted molar refractivity (Wildman–Crippen MR) is 63.6 cm³/mol. The quantitative estimate of drug-likeness (QED) is 0.734.